The van der Waals surface area contributed by atoms with E-state index in [1.54, 1.807) is 0 Å². The first kappa shape index (κ1) is 11.9. The highest BCUT2D eigenvalue weighted by molar-refractivity contribution is 7.48. The standard InChI is InChI=1S/C17H18P/c1-2-6-14(7-3-1)15-10-12-17(13-11-15)18-16-8-4-5-9-16/h1-3,6-7,10-13,16H,4-5,8-9H2/q-1. The molecule has 1 heteroatoms. The second-order valence-corrected chi connectivity index (χ2v) is 6.49. The summed E-state index contributed by atoms with van der Waals surface area (Å²) in [5, 5.41) is 1.47. The minimum atomic E-state index is 0.910. The van der Waals surface area contributed by atoms with Crippen molar-refractivity contribution in [3.63, 3.8) is 0 Å². The predicted octanol–water partition coefficient (Wildman–Crippen LogP) is 4.87. The van der Waals surface area contributed by atoms with E-state index >= 15 is 0 Å². The minimum absolute atomic E-state index is 0.910. The van der Waals surface area contributed by atoms with Gasteiger partial charge in [0, 0.05) is 0 Å². The summed E-state index contributed by atoms with van der Waals surface area (Å²) in [4.78, 5) is 0. The van der Waals surface area contributed by atoms with Crippen molar-refractivity contribution < 1.29 is 0 Å². The van der Waals surface area contributed by atoms with Crippen molar-refractivity contribution >= 4 is 13.9 Å². The predicted molar refractivity (Wildman–Crippen MR) is 80.7 cm³/mol. The SMILES string of the molecule is c1ccc(-c2ccc([P-]C3CCCC3)cc2)cc1. The first-order chi connectivity index (χ1) is 8.92. The van der Waals surface area contributed by atoms with Gasteiger partial charge in [0.2, 0.25) is 0 Å². The van der Waals surface area contributed by atoms with Crippen molar-refractivity contribution in [2.24, 2.45) is 0 Å². The Morgan fingerprint density at radius 3 is 2.00 bits per heavy atom. The maximum absolute atomic E-state index is 2.29. The molecule has 0 unspecified atom stereocenters. The van der Waals surface area contributed by atoms with Crippen LogP contribution < -0.4 is 5.30 Å². The highest BCUT2D eigenvalue weighted by atomic mass is 31.1. The third kappa shape index (κ3) is 2.82. The molecule has 0 N–H and O–H groups in total. The minimum Gasteiger partial charge on any atom is -0.503 e. The fraction of sp³-hybridized carbons (Fsp3) is 0.294. The molecule has 92 valence electrons. The van der Waals surface area contributed by atoms with Crippen molar-refractivity contribution in [3.8, 4) is 11.1 Å². The molecule has 1 saturated carbocycles. The molecular formula is C17H18P-. The smallest absolute Gasteiger partial charge is 0.0184 e. The second-order valence-electron chi connectivity index (χ2n) is 4.98. The number of benzene rings is 2. The van der Waals surface area contributed by atoms with Crippen molar-refractivity contribution in [2.45, 2.75) is 31.3 Å². The first-order valence-corrected chi connectivity index (χ1v) is 7.74. The van der Waals surface area contributed by atoms with E-state index in [1.165, 1.54) is 50.7 Å². The van der Waals surface area contributed by atoms with Gasteiger partial charge in [-0.15, -0.1) is 0 Å². The molecule has 1 aliphatic rings. The van der Waals surface area contributed by atoms with Gasteiger partial charge in [0.05, 0.1) is 0 Å². The highest BCUT2D eigenvalue weighted by Gasteiger charge is 2.05. The van der Waals surface area contributed by atoms with E-state index in [0.29, 0.717) is 0 Å². The molecule has 0 amide bonds. The van der Waals surface area contributed by atoms with Gasteiger partial charge in [-0.1, -0.05) is 80.3 Å². The topological polar surface area (TPSA) is 0 Å². The third-order valence-electron chi connectivity index (χ3n) is 3.63. The highest BCUT2D eigenvalue weighted by Crippen LogP contribution is 2.33. The average Bonchev–Trinajstić information content (AvgIpc) is 2.94. The molecule has 3 rings (SSSR count). The van der Waals surface area contributed by atoms with Gasteiger partial charge in [-0.2, -0.15) is 5.66 Å². The fourth-order valence-electron chi connectivity index (χ4n) is 2.61. The van der Waals surface area contributed by atoms with Crippen LogP contribution in [0.25, 0.3) is 11.1 Å². The average molecular weight is 253 g/mol. The van der Waals surface area contributed by atoms with E-state index in [1.807, 2.05) is 0 Å². The Hall–Kier alpha value is -1.13. The van der Waals surface area contributed by atoms with Gasteiger partial charge in [-0.25, -0.2) is 5.30 Å². The lowest BCUT2D eigenvalue weighted by molar-refractivity contribution is 0.886. The summed E-state index contributed by atoms with van der Waals surface area (Å²) in [7, 11) is 1.53. The zero-order valence-electron chi connectivity index (χ0n) is 10.5. The Morgan fingerprint density at radius 2 is 1.33 bits per heavy atom. The lowest BCUT2D eigenvalue weighted by atomic mass is 10.1. The second kappa shape index (κ2) is 5.67. The molecule has 18 heavy (non-hydrogen) atoms. The molecule has 1 fully saturated rings. The van der Waals surface area contributed by atoms with Crippen molar-refractivity contribution in [3.05, 3.63) is 54.6 Å². The van der Waals surface area contributed by atoms with Gasteiger partial charge >= 0.3 is 0 Å². The van der Waals surface area contributed by atoms with Crippen LogP contribution in [0, 0.1) is 0 Å². The van der Waals surface area contributed by atoms with Crippen LogP contribution in [-0.4, -0.2) is 5.66 Å². The maximum atomic E-state index is 2.29. The van der Waals surface area contributed by atoms with E-state index in [9.17, 15) is 0 Å². The van der Waals surface area contributed by atoms with Crippen LogP contribution in [0.2, 0.25) is 0 Å². The van der Waals surface area contributed by atoms with Crippen LogP contribution in [0.15, 0.2) is 54.6 Å². The molecule has 0 nitrogen and oxygen atoms in total. The fourth-order valence-corrected chi connectivity index (χ4v) is 3.98. The van der Waals surface area contributed by atoms with E-state index in [2.05, 4.69) is 54.6 Å². The summed E-state index contributed by atoms with van der Waals surface area (Å²) in [6, 6.07) is 19.7. The van der Waals surface area contributed by atoms with Crippen LogP contribution in [0.1, 0.15) is 25.7 Å². The van der Waals surface area contributed by atoms with E-state index in [-0.39, 0.29) is 0 Å². The lowest BCUT2D eigenvalue weighted by Gasteiger charge is -2.26. The molecule has 0 atom stereocenters. The summed E-state index contributed by atoms with van der Waals surface area (Å²) in [5.41, 5.74) is 3.54. The Bertz CT molecular complexity index is 481. The molecule has 2 aromatic rings. The molecule has 0 spiro atoms. The summed E-state index contributed by atoms with van der Waals surface area (Å²) < 4.78 is 0. The summed E-state index contributed by atoms with van der Waals surface area (Å²) in [6.45, 7) is 0. The zero-order valence-corrected chi connectivity index (χ0v) is 11.4. The van der Waals surface area contributed by atoms with Crippen LogP contribution in [0.4, 0.5) is 0 Å². The number of hydrogen-bond donors (Lipinski definition) is 0. The molecule has 0 aliphatic heterocycles. The van der Waals surface area contributed by atoms with Gasteiger partial charge in [0.1, 0.15) is 0 Å². The van der Waals surface area contributed by atoms with Gasteiger partial charge in [-0.3, -0.25) is 0 Å². The summed E-state index contributed by atoms with van der Waals surface area (Å²) in [6.07, 6.45) is 5.70. The van der Waals surface area contributed by atoms with E-state index in [0.717, 1.165) is 5.66 Å². The molecule has 0 bridgehead atoms. The molecule has 1 aliphatic carbocycles. The van der Waals surface area contributed by atoms with Crippen LogP contribution in [0.5, 0.6) is 0 Å². The molecule has 2 aromatic carbocycles. The van der Waals surface area contributed by atoms with Crippen LogP contribution in [0.3, 0.4) is 0 Å². The Morgan fingerprint density at radius 1 is 0.722 bits per heavy atom. The molecular weight excluding hydrogens is 235 g/mol. The van der Waals surface area contributed by atoms with Gasteiger partial charge in [0.15, 0.2) is 0 Å². The Labute approximate surface area is 111 Å². The molecule has 0 aromatic heterocycles. The summed E-state index contributed by atoms with van der Waals surface area (Å²) >= 11 is 0. The van der Waals surface area contributed by atoms with Gasteiger partial charge in [-0.05, 0) is 11.1 Å². The van der Waals surface area contributed by atoms with Gasteiger partial charge in [0.25, 0.3) is 0 Å². The third-order valence-corrected chi connectivity index (χ3v) is 5.11. The van der Waals surface area contributed by atoms with Crippen LogP contribution >= 0.6 is 8.58 Å². The van der Waals surface area contributed by atoms with Crippen LogP contribution in [-0.2, 0) is 0 Å². The lowest BCUT2D eigenvalue weighted by Crippen LogP contribution is -2.01. The Balaban J connectivity index is 1.72. The van der Waals surface area contributed by atoms with Crippen molar-refractivity contribution in [1.29, 1.82) is 0 Å². The van der Waals surface area contributed by atoms with Gasteiger partial charge < -0.3 is 8.58 Å². The monoisotopic (exact) mass is 253 g/mol. The van der Waals surface area contributed by atoms with Crippen molar-refractivity contribution in [1.82, 2.24) is 0 Å². The van der Waals surface area contributed by atoms with E-state index < -0.39 is 0 Å². The van der Waals surface area contributed by atoms with Crippen molar-refractivity contribution in [2.75, 3.05) is 0 Å². The summed E-state index contributed by atoms with van der Waals surface area (Å²) in [5.74, 6) is 0. The Kier molecular flexibility index (Phi) is 3.76. The number of hydrogen-bond acceptors (Lipinski definition) is 0. The quantitative estimate of drug-likeness (QED) is 0.685. The maximum Gasteiger partial charge on any atom is -0.0184 e. The number of rotatable bonds is 3. The zero-order chi connectivity index (χ0) is 12.2. The first-order valence-electron chi connectivity index (χ1n) is 6.78. The van der Waals surface area contributed by atoms with E-state index in [4.69, 9.17) is 0 Å². The molecule has 0 radical (unpaired) electrons. The molecule has 0 heterocycles. The largest absolute Gasteiger partial charge is 0.503 e. The molecule has 0 saturated heterocycles. The normalized spacial score (nSPS) is 16.7.